The Bertz CT molecular complexity index is 541. The smallest absolute Gasteiger partial charge is 0.313 e. The monoisotopic (exact) mass is 309 g/mol. The minimum atomic E-state index is -0.591. The number of carbonyl (C=O) groups excluding carboxylic acids is 2. The number of hydrogen-bond donors (Lipinski definition) is 0. The van der Waals surface area contributed by atoms with Gasteiger partial charge in [0.15, 0.2) is 0 Å². The summed E-state index contributed by atoms with van der Waals surface area (Å²) < 4.78 is 5.30. The molecule has 122 valence electrons. The lowest BCUT2D eigenvalue weighted by molar-refractivity contribution is -0.524. The largest absolute Gasteiger partial charge is 0.462 e. The summed E-state index contributed by atoms with van der Waals surface area (Å²) in [6.45, 7) is 3.39. The first-order valence-corrected chi connectivity index (χ1v) is 7.45. The van der Waals surface area contributed by atoms with Crippen LogP contribution >= 0.6 is 0 Å². The Balaban J connectivity index is 0.00000176. The fraction of sp³-hybridized carbons (Fsp3) is 0.750. The molecule has 1 saturated carbocycles. The number of cyclic esters (lactones) is 1. The van der Waals surface area contributed by atoms with Crippen molar-refractivity contribution in [3.05, 3.63) is 21.8 Å². The number of ether oxygens (including phenoxy) is 1. The van der Waals surface area contributed by atoms with Gasteiger partial charge in [0.2, 0.25) is 6.04 Å². The second-order valence-corrected chi connectivity index (χ2v) is 6.45. The molecule has 0 radical (unpaired) electrons. The molecule has 6 nitrogen and oxygen atoms in total. The molecule has 3 aliphatic rings. The van der Waals surface area contributed by atoms with Gasteiger partial charge >= 0.3 is 5.97 Å². The van der Waals surface area contributed by atoms with Crippen LogP contribution in [0, 0.1) is 33.8 Å². The van der Waals surface area contributed by atoms with Crippen LogP contribution in [0.2, 0.25) is 0 Å². The Morgan fingerprint density at radius 2 is 2.09 bits per heavy atom. The SMILES string of the molecule is C.CC(=O)[C@@H]1[C@@H]2[C@@H](C)OC(=O)[C@@H]2C=C2CC([N+](=O)[O-])CC[C@@H]21. The molecule has 0 aromatic heterocycles. The topological polar surface area (TPSA) is 86.5 Å². The maximum Gasteiger partial charge on any atom is 0.313 e. The third-order valence-electron chi connectivity index (χ3n) is 5.30. The van der Waals surface area contributed by atoms with Crippen molar-refractivity contribution in [1.29, 1.82) is 0 Å². The second kappa shape index (κ2) is 5.82. The predicted molar refractivity (Wildman–Crippen MR) is 79.6 cm³/mol. The molecule has 0 bridgehead atoms. The van der Waals surface area contributed by atoms with E-state index in [1.54, 1.807) is 6.92 Å². The van der Waals surface area contributed by atoms with Crippen molar-refractivity contribution in [2.24, 2.45) is 23.7 Å². The molecule has 6 atom stereocenters. The number of nitrogens with zero attached hydrogens (tertiary/aromatic N) is 1. The molecule has 0 spiro atoms. The van der Waals surface area contributed by atoms with Gasteiger partial charge in [-0.2, -0.15) is 0 Å². The van der Waals surface area contributed by atoms with Crippen molar-refractivity contribution >= 4 is 11.8 Å². The Kier molecular flexibility index (Phi) is 4.40. The van der Waals surface area contributed by atoms with Crippen LogP contribution in [0.15, 0.2) is 11.6 Å². The van der Waals surface area contributed by atoms with Crippen molar-refractivity contribution < 1.29 is 19.2 Å². The van der Waals surface area contributed by atoms with E-state index < -0.39 is 12.0 Å². The summed E-state index contributed by atoms with van der Waals surface area (Å²) >= 11 is 0. The van der Waals surface area contributed by atoms with Crippen molar-refractivity contribution in [3.8, 4) is 0 Å². The molecule has 1 saturated heterocycles. The normalized spacial score (nSPS) is 39.7. The van der Waals surface area contributed by atoms with Crippen LogP contribution in [0.4, 0.5) is 0 Å². The van der Waals surface area contributed by atoms with Crippen LogP contribution in [0.3, 0.4) is 0 Å². The summed E-state index contributed by atoms with van der Waals surface area (Å²) in [7, 11) is 0. The molecule has 2 aliphatic carbocycles. The van der Waals surface area contributed by atoms with Gasteiger partial charge in [0.25, 0.3) is 0 Å². The molecule has 0 aromatic carbocycles. The molecule has 0 aromatic rings. The Labute approximate surface area is 130 Å². The van der Waals surface area contributed by atoms with E-state index in [0.29, 0.717) is 19.3 Å². The van der Waals surface area contributed by atoms with E-state index in [9.17, 15) is 19.7 Å². The highest BCUT2D eigenvalue weighted by molar-refractivity contribution is 5.84. The van der Waals surface area contributed by atoms with Crippen LogP contribution < -0.4 is 0 Å². The van der Waals surface area contributed by atoms with E-state index in [0.717, 1.165) is 5.57 Å². The average molecular weight is 309 g/mol. The molecule has 3 rings (SSSR count). The fourth-order valence-corrected chi connectivity index (χ4v) is 4.40. The molecule has 1 heterocycles. The zero-order valence-electron chi connectivity index (χ0n) is 12.2. The summed E-state index contributed by atoms with van der Waals surface area (Å²) in [4.78, 5) is 34.9. The van der Waals surface area contributed by atoms with Crippen LogP contribution in [-0.4, -0.2) is 28.8 Å². The first-order chi connectivity index (χ1) is 9.90. The van der Waals surface area contributed by atoms with Gasteiger partial charge in [0.1, 0.15) is 11.9 Å². The maximum absolute atomic E-state index is 12.1. The number of hydrogen-bond acceptors (Lipinski definition) is 5. The third-order valence-corrected chi connectivity index (χ3v) is 5.30. The number of Topliss-reactive ketones (excluding diaryl/α,β-unsaturated/α-hetero) is 1. The van der Waals surface area contributed by atoms with Gasteiger partial charge in [-0.3, -0.25) is 19.7 Å². The summed E-state index contributed by atoms with van der Waals surface area (Å²) in [6.07, 6.45) is 3.09. The lowest BCUT2D eigenvalue weighted by Crippen LogP contribution is -2.43. The summed E-state index contributed by atoms with van der Waals surface area (Å²) in [5, 5.41) is 11.0. The fourth-order valence-electron chi connectivity index (χ4n) is 4.40. The molecule has 6 heteroatoms. The molecule has 22 heavy (non-hydrogen) atoms. The molecule has 1 unspecified atom stereocenters. The van der Waals surface area contributed by atoms with E-state index >= 15 is 0 Å². The predicted octanol–water partition coefficient (Wildman–Crippen LogP) is 2.39. The van der Waals surface area contributed by atoms with Gasteiger partial charge in [0, 0.05) is 29.6 Å². The number of nitro groups is 1. The molecule has 2 fully saturated rings. The number of esters is 1. The van der Waals surface area contributed by atoms with Crippen molar-refractivity contribution in [2.75, 3.05) is 0 Å². The van der Waals surface area contributed by atoms with Gasteiger partial charge in [-0.1, -0.05) is 19.1 Å². The van der Waals surface area contributed by atoms with Gasteiger partial charge in [-0.15, -0.1) is 0 Å². The van der Waals surface area contributed by atoms with E-state index in [1.165, 1.54) is 0 Å². The van der Waals surface area contributed by atoms with Crippen LogP contribution in [-0.2, 0) is 14.3 Å². The first-order valence-electron chi connectivity index (χ1n) is 7.45. The van der Waals surface area contributed by atoms with Gasteiger partial charge < -0.3 is 4.74 Å². The quantitative estimate of drug-likeness (QED) is 0.338. The highest BCUT2D eigenvalue weighted by Crippen LogP contribution is 2.50. The first kappa shape index (κ1) is 16.6. The zero-order valence-corrected chi connectivity index (χ0v) is 12.2. The highest BCUT2D eigenvalue weighted by atomic mass is 16.6. The lowest BCUT2D eigenvalue weighted by Gasteiger charge is -2.40. The molecular formula is C16H23NO5. The Hall–Kier alpha value is -1.72. The van der Waals surface area contributed by atoms with Gasteiger partial charge in [-0.25, -0.2) is 0 Å². The molecular weight excluding hydrogens is 286 g/mol. The van der Waals surface area contributed by atoms with Crippen molar-refractivity contribution in [3.63, 3.8) is 0 Å². The molecule has 0 N–H and O–H groups in total. The second-order valence-electron chi connectivity index (χ2n) is 6.45. The maximum atomic E-state index is 12.1. The number of carbonyl (C=O) groups is 2. The Morgan fingerprint density at radius 1 is 1.41 bits per heavy atom. The van der Waals surface area contributed by atoms with E-state index in [2.05, 4.69) is 0 Å². The Morgan fingerprint density at radius 3 is 2.68 bits per heavy atom. The minimum absolute atomic E-state index is 0. The van der Waals surface area contributed by atoms with E-state index in [-0.39, 0.29) is 48.0 Å². The zero-order chi connectivity index (χ0) is 15.3. The summed E-state index contributed by atoms with van der Waals surface area (Å²) in [5.41, 5.74) is 0.912. The van der Waals surface area contributed by atoms with Crippen LogP contribution in [0.5, 0.6) is 0 Å². The number of fused-ring (bicyclic) bond motifs is 2. The van der Waals surface area contributed by atoms with Crippen LogP contribution in [0.25, 0.3) is 0 Å². The van der Waals surface area contributed by atoms with Crippen molar-refractivity contribution in [2.45, 2.75) is 52.7 Å². The van der Waals surface area contributed by atoms with Gasteiger partial charge in [-0.05, 0) is 26.2 Å². The average Bonchev–Trinajstić information content (AvgIpc) is 2.70. The van der Waals surface area contributed by atoms with Gasteiger partial charge in [0.05, 0.1) is 5.92 Å². The highest BCUT2D eigenvalue weighted by Gasteiger charge is 2.54. The summed E-state index contributed by atoms with van der Waals surface area (Å²) in [5.74, 6) is -0.971. The van der Waals surface area contributed by atoms with Crippen LogP contribution in [0.1, 0.15) is 40.5 Å². The van der Waals surface area contributed by atoms with E-state index in [4.69, 9.17) is 4.74 Å². The molecule has 1 aliphatic heterocycles. The van der Waals surface area contributed by atoms with Crippen molar-refractivity contribution in [1.82, 2.24) is 0 Å². The molecule has 0 amide bonds. The number of rotatable bonds is 2. The standard InChI is InChI=1S/C15H19NO5.CH4/c1-7(17)13-11-4-3-10(16(19)20)5-9(11)6-12-14(13)8(2)21-15(12)18;/h6,8,10-14H,3-5H2,1-2H3;1H4/t8-,10?,11+,12-,13+,14-;/m1./s1. The summed E-state index contributed by atoms with van der Waals surface area (Å²) in [6, 6.07) is -0.591. The lowest BCUT2D eigenvalue weighted by atomic mass is 9.61. The minimum Gasteiger partial charge on any atom is -0.462 e. The third kappa shape index (κ3) is 2.44. The number of ketones is 1. The van der Waals surface area contributed by atoms with E-state index in [1.807, 2.05) is 13.0 Å².